The lowest BCUT2D eigenvalue weighted by molar-refractivity contribution is -0.136. The van der Waals surface area contributed by atoms with Crippen LogP contribution in [0.3, 0.4) is 0 Å². The molecule has 1 aromatic carbocycles. The van der Waals surface area contributed by atoms with Crippen molar-refractivity contribution in [3.05, 3.63) is 65.4 Å². The predicted octanol–water partition coefficient (Wildman–Crippen LogP) is 4.89. The number of aromatic carboxylic acids is 1. The quantitative estimate of drug-likeness (QED) is 0.673. The Hall–Kier alpha value is -3.16. The van der Waals surface area contributed by atoms with Crippen molar-refractivity contribution in [2.45, 2.75) is 13.1 Å². The largest absolute Gasteiger partial charge is 0.476 e. The van der Waals surface area contributed by atoms with Crippen LogP contribution < -0.4 is 0 Å². The van der Waals surface area contributed by atoms with Gasteiger partial charge in [0, 0.05) is 6.20 Å². The maximum atomic E-state index is 13.5. The number of halogens is 4. The standard InChI is InChI=1S/C18H12F4N2O2/c1-2-4-14-15(17(25)26)23-16-13(18(20,21)22)8-11(9-24(14)16)10-5-3-6-12(19)7-10/h2-9H,1H3,(H,25,26)/b4-2-. The molecule has 134 valence electrons. The number of benzene rings is 1. The van der Waals surface area contributed by atoms with E-state index in [2.05, 4.69) is 4.98 Å². The van der Waals surface area contributed by atoms with Crippen LogP contribution in [-0.2, 0) is 6.18 Å². The summed E-state index contributed by atoms with van der Waals surface area (Å²) < 4.78 is 55.1. The van der Waals surface area contributed by atoms with Gasteiger partial charge in [0.2, 0.25) is 0 Å². The van der Waals surface area contributed by atoms with Gasteiger partial charge in [-0.15, -0.1) is 0 Å². The SMILES string of the molecule is C/C=C\c1c(C(=O)O)nc2c(C(F)(F)F)cc(-c3cccc(F)c3)cn12. The van der Waals surface area contributed by atoms with Crippen LogP contribution in [0.2, 0.25) is 0 Å². The Morgan fingerprint density at radius 2 is 1.96 bits per heavy atom. The lowest BCUT2D eigenvalue weighted by Crippen LogP contribution is -2.08. The van der Waals surface area contributed by atoms with Gasteiger partial charge in [-0.3, -0.25) is 4.40 Å². The molecular formula is C18H12F4N2O2. The maximum Gasteiger partial charge on any atom is 0.420 e. The van der Waals surface area contributed by atoms with Crippen molar-refractivity contribution in [2.24, 2.45) is 0 Å². The molecule has 0 bridgehead atoms. The summed E-state index contributed by atoms with van der Waals surface area (Å²) in [5.74, 6) is -2.04. The Kier molecular flexibility index (Phi) is 4.27. The van der Waals surface area contributed by atoms with E-state index in [0.29, 0.717) is 0 Å². The minimum absolute atomic E-state index is 0.00115. The summed E-state index contributed by atoms with van der Waals surface area (Å²) in [4.78, 5) is 15.1. The van der Waals surface area contributed by atoms with Gasteiger partial charge in [0.15, 0.2) is 11.3 Å². The first-order chi connectivity index (χ1) is 12.2. The van der Waals surface area contributed by atoms with Crippen molar-refractivity contribution in [1.82, 2.24) is 9.38 Å². The first kappa shape index (κ1) is 17.7. The van der Waals surface area contributed by atoms with Crippen LogP contribution in [-0.4, -0.2) is 20.5 Å². The van der Waals surface area contributed by atoms with Gasteiger partial charge in [0.05, 0.1) is 11.3 Å². The molecule has 8 heteroatoms. The Morgan fingerprint density at radius 1 is 1.23 bits per heavy atom. The van der Waals surface area contributed by atoms with Crippen molar-refractivity contribution < 1.29 is 27.5 Å². The Labute approximate surface area is 145 Å². The third-order valence-electron chi connectivity index (χ3n) is 3.75. The number of carboxylic acid groups (broad SMARTS) is 1. The third kappa shape index (κ3) is 3.05. The number of carbonyl (C=O) groups is 1. The molecule has 0 spiro atoms. The van der Waals surface area contributed by atoms with E-state index in [1.807, 2.05) is 0 Å². The maximum absolute atomic E-state index is 13.5. The van der Waals surface area contributed by atoms with Crippen LogP contribution >= 0.6 is 0 Å². The second-order valence-electron chi connectivity index (χ2n) is 5.49. The average Bonchev–Trinajstić information content (AvgIpc) is 2.92. The zero-order valence-electron chi connectivity index (χ0n) is 13.4. The Balaban J connectivity index is 2.43. The molecule has 0 aliphatic carbocycles. The highest BCUT2D eigenvalue weighted by atomic mass is 19.4. The smallest absolute Gasteiger partial charge is 0.420 e. The molecule has 4 nitrogen and oxygen atoms in total. The van der Waals surface area contributed by atoms with E-state index >= 15 is 0 Å². The minimum Gasteiger partial charge on any atom is -0.476 e. The van der Waals surface area contributed by atoms with Gasteiger partial charge in [-0.05, 0) is 42.3 Å². The number of hydrogen-bond donors (Lipinski definition) is 1. The van der Waals surface area contributed by atoms with Gasteiger partial charge in [0.25, 0.3) is 0 Å². The van der Waals surface area contributed by atoms with Gasteiger partial charge in [0.1, 0.15) is 5.82 Å². The summed E-state index contributed by atoms with van der Waals surface area (Å²) in [6.45, 7) is 1.60. The Bertz CT molecular complexity index is 1040. The lowest BCUT2D eigenvalue weighted by atomic mass is 10.1. The molecule has 0 atom stereocenters. The number of fused-ring (bicyclic) bond motifs is 1. The molecule has 3 rings (SSSR count). The zero-order valence-corrected chi connectivity index (χ0v) is 13.4. The van der Waals surface area contributed by atoms with Crippen LogP contribution in [0, 0.1) is 5.82 Å². The Morgan fingerprint density at radius 3 is 2.54 bits per heavy atom. The normalized spacial score (nSPS) is 12.2. The van der Waals surface area contributed by atoms with Gasteiger partial charge >= 0.3 is 12.1 Å². The third-order valence-corrected chi connectivity index (χ3v) is 3.75. The average molecular weight is 364 g/mol. The number of allylic oxidation sites excluding steroid dienone is 1. The van der Waals surface area contributed by atoms with E-state index in [-0.39, 0.29) is 16.8 Å². The predicted molar refractivity (Wildman–Crippen MR) is 87.3 cm³/mol. The van der Waals surface area contributed by atoms with Crippen molar-refractivity contribution in [1.29, 1.82) is 0 Å². The molecule has 0 unspecified atom stereocenters. The summed E-state index contributed by atoms with van der Waals surface area (Å²) >= 11 is 0. The molecule has 0 aliphatic rings. The van der Waals surface area contributed by atoms with Crippen LogP contribution in [0.1, 0.15) is 28.7 Å². The molecule has 0 aliphatic heterocycles. The number of pyridine rings is 1. The monoisotopic (exact) mass is 364 g/mol. The van der Waals surface area contributed by atoms with E-state index in [1.165, 1.54) is 36.5 Å². The fraction of sp³-hybridized carbons (Fsp3) is 0.111. The number of aromatic nitrogens is 2. The molecule has 0 fully saturated rings. The van der Waals surface area contributed by atoms with Crippen LogP contribution in [0.25, 0.3) is 22.9 Å². The van der Waals surface area contributed by atoms with Crippen molar-refractivity contribution in [3.8, 4) is 11.1 Å². The van der Waals surface area contributed by atoms with Crippen LogP contribution in [0.5, 0.6) is 0 Å². The first-order valence-corrected chi connectivity index (χ1v) is 7.47. The van der Waals surface area contributed by atoms with Gasteiger partial charge in [-0.1, -0.05) is 18.2 Å². The molecule has 0 saturated carbocycles. The molecule has 0 radical (unpaired) electrons. The zero-order chi connectivity index (χ0) is 19.1. The van der Waals surface area contributed by atoms with Crippen molar-refractivity contribution in [2.75, 3.05) is 0 Å². The minimum atomic E-state index is -4.76. The second-order valence-corrected chi connectivity index (χ2v) is 5.49. The van der Waals surface area contributed by atoms with E-state index < -0.39 is 34.9 Å². The number of carboxylic acids is 1. The lowest BCUT2D eigenvalue weighted by Gasteiger charge is -2.12. The molecular weight excluding hydrogens is 352 g/mol. The topological polar surface area (TPSA) is 54.6 Å². The summed E-state index contributed by atoms with van der Waals surface area (Å²) in [6.07, 6.45) is -0.593. The number of alkyl halides is 3. The molecule has 0 amide bonds. The highest BCUT2D eigenvalue weighted by Gasteiger charge is 2.36. The molecule has 0 saturated heterocycles. The molecule has 26 heavy (non-hydrogen) atoms. The highest BCUT2D eigenvalue weighted by molar-refractivity contribution is 5.91. The molecule has 2 heterocycles. The van der Waals surface area contributed by atoms with Crippen LogP contribution in [0.15, 0.2) is 42.6 Å². The van der Waals surface area contributed by atoms with Crippen molar-refractivity contribution >= 4 is 17.7 Å². The van der Waals surface area contributed by atoms with E-state index in [0.717, 1.165) is 16.5 Å². The van der Waals surface area contributed by atoms with Gasteiger partial charge in [-0.2, -0.15) is 13.2 Å². The number of hydrogen-bond acceptors (Lipinski definition) is 2. The molecule has 2 aromatic heterocycles. The molecule has 3 aromatic rings. The number of rotatable bonds is 3. The highest BCUT2D eigenvalue weighted by Crippen LogP contribution is 2.36. The second kappa shape index (κ2) is 6.29. The number of imidazole rings is 1. The van der Waals surface area contributed by atoms with E-state index in [1.54, 1.807) is 6.92 Å². The van der Waals surface area contributed by atoms with E-state index in [4.69, 9.17) is 0 Å². The summed E-state index contributed by atoms with van der Waals surface area (Å²) in [7, 11) is 0. The number of nitrogens with zero attached hydrogens (tertiary/aromatic N) is 2. The fourth-order valence-corrected chi connectivity index (χ4v) is 2.67. The summed E-state index contributed by atoms with van der Waals surface area (Å²) in [6, 6.07) is 5.96. The molecule has 1 N–H and O–H groups in total. The summed E-state index contributed by atoms with van der Waals surface area (Å²) in [5.41, 5.74) is -1.80. The summed E-state index contributed by atoms with van der Waals surface area (Å²) in [5, 5.41) is 9.27. The van der Waals surface area contributed by atoms with Gasteiger partial charge < -0.3 is 5.11 Å². The van der Waals surface area contributed by atoms with Crippen molar-refractivity contribution in [3.63, 3.8) is 0 Å². The van der Waals surface area contributed by atoms with Crippen LogP contribution in [0.4, 0.5) is 17.6 Å². The first-order valence-electron chi connectivity index (χ1n) is 7.47. The van der Waals surface area contributed by atoms with Gasteiger partial charge in [-0.25, -0.2) is 14.2 Å². The van der Waals surface area contributed by atoms with E-state index in [9.17, 15) is 27.5 Å². The fourth-order valence-electron chi connectivity index (χ4n) is 2.67.